The van der Waals surface area contributed by atoms with Gasteiger partial charge in [0.1, 0.15) is 0 Å². The zero-order valence-corrected chi connectivity index (χ0v) is 9.49. The molecule has 1 atom stereocenters. The van der Waals surface area contributed by atoms with Crippen LogP contribution in [0.15, 0.2) is 6.20 Å². The maximum absolute atomic E-state index is 5.50. The molecule has 0 saturated carbocycles. The fourth-order valence-electron chi connectivity index (χ4n) is 2.12. The Kier molecular flexibility index (Phi) is 3.38. The molecule has 84 valence electrons. The number of hydrogen-bond acceptors (Lipinski definition) is 3. The van der Waals surface area contributed by atoms with E-state index >= 15 is 0 Å². The van der Waals surface area contributed by atoms with Gasteiger partial charge >= 0.3 is 0 Å². The van der Waals surface area contributed by atoms with Crippen LogP contribution in [0.25, 0.3) is 0 Å². The molecule has 1 aromatic heterocycles. The largest absolute Gasteiger partial charge is 0.381 e. The van der Waals surface area contributed by atoms with Crippen LogP contribution >= 0.6 is 0 Å². The summed E-state index contributed by atoms with van der Waals surface area (Å²) in [7, 11) is 0. The molecule has 0 fully saturated rings. The van der Waals surface area contributed by atoms with Crippen LogP contribution in [-0.2, 0) is 17.8 Å². The summed E-state index contributed by atoms with van der Waals surface area (Å²) >= 11 is 0. The van der Waals surface area contributed by atoms with Crippen LogP contribution in [0.4, 0.5) is 0 Å². The van der Waals surface area contributed by atoms with Crippen molar-refractivity contribution in [1.82, 2.24) is 15.1 Å². The lowest BCUT2D eigenvalue weighted by molar-refractivity contribution is 0.129. The number of aromatic nitrogens is 2. The highest BCUT2D eigenvalue weighted by Gasteiger charge is 2.23. The first kappa shape index (κ1) is 10.6. The fourth-order valence-corrected chi connectivity index (χ4v) is 2.12. The summed E-state index contributed by atoms with van der Waals surface area (Å²) < 4.78 is 7.57. The van der Waals surface area contributed by atoms with E-state index in [4.69, 9.17) is 4.74 Å². The molecule has 4 heteroatoms. The topological polar surface area (TPSA) is 39.1 Å². The molecule has 15 heavy (non-hydrogen) atoms. The van der Waals surface area contributed by atoms with Gasteiger partial charge in [0.25, 0.3) is 0 Å². The molecule has 0 radical (unpaired) electrons. The molecule has 1 unspecified atom stereocenters. The summed E-state index contributed by atoms with van der Waals surface area (Å²) in [5.41, 5.74) is 2.69. The Morgan fingerprint density at radius 1 is 1.60 bits per heavy atom. The van der Waals surface area contributed by atoms with Crippen LogP contribution in [0.3, 0.4) is 0 Å². The van der Waals surface area contributed by atoms with Crippen LogP contribution < -0.4 is 5.32 Å². The highest BCUT2D eigenvalue weighted by molar-refractivity contribution is 5.25. The molecule has 0 saturated heterocycles. The van der Waals surface area contributed by atoms with Gasteiger partial charge in [-0.2, -0.15) is 5.10 Å². The van der Waals surface area contributed by atoms with Gasteiger partial charge in [0.15, 0.2) is 0 Å². The third-order valence-electron chi connectivity index (χ3n) is 2.93. The third-order valence-corrected chi connectivity index (χ3v) is 2.93. The molecular weight excluding hydrogens is 190 g/mol. The average molecular weight is 209 g/mol. The number of nitrogens with zero attached hydrogens (tertiary/aromatic N) is 2. The zero-order chi connectivity index (χ0) is 10.7. The first-order chi connectivity index (χ1) is 7.36. The summed E-state index contributed by atoms with van der Waals surface area (Å²) in [6.07, 6.45) is 2.00. The van der Waals surface area contributed by atoms with E-state index in [0.29, 0.717) is 5.92 Å². The molecule has 4 nitrogen and oxygen atoms in total. The van der Waals surface area contributed by atoms with E-state index < -0.39 is 0 Å². The Hall–Kier alpha value is -0.870. The van der Waals surface area contributed by atoms with Crippen molar-refractivity contribution in [2.24, 2.45) is 0 Å². The van der Waals surface area contributed by atoms with Crippen LogP contribution in [0.5, 0.6) is 0 Å². The van der Waals surface area contributed by atoms with Crippen molar-refractivity contribution in [3.63, 3.8) is 0 Å². The Morgan fingerprint density at radius 2 is 2.47 bits per heavy atom. The molecular formula is C11H19N3O. The van der Waals surface area contributed by atoms with Gasteiger partial charge in [-0.3, -0.25) is 4.68 Å². The number of hydrogen-bond donors (Lipinski definition) is 1. The van der Waals surface area contributed by atoms with E-state index in [1.54, 1.807) is 0 Å². The molecule has 0 aliphatic carbocycles. The predicted octanol–water partition coefficient (Wildman–Crippen LogP) is 1.13. The SMILES string of the molecule is CCOCC1CNCc2c1cnn2CC. The second kappa shape index (κ2) is 4.77. The van der Waals surface area contributed by atoms with Crippen LogP contribution in [0, 0.1) is 0 Å². The van der Waals surface area contributed by atoms with E-state index in [1.807, 2.05) is 13.1 Å². The van der Waals surface area contributed by atoms with Crippen molar-refractivity contribution in [1.29, 1.82) is 0 Å². The normalized spacial score (nSPS) is 20.3. The van der Waals surface area contributed by atoms with Crippen molar-refractivity contribution in [2.75, 3.05) is 19.8 Å². The smallest absolute Gasteiger partial charge is 0.0558 e. The van der Waals surface area contributed by atoms with Crippen molar-refractivity contribution < 1.29 is 4.74 Å². The molecule has 0 amide bonds. The minimum atomic E-state index is 0.467. The maximum atomic E-state index is 5.50. The van der Waals surface area contributed by atoms with Crippen LogP contribution in [0.1, 0.15) is 31.0 Å². The number of ether oxygens (including phenoxy) is 1. The average Bonchev–Trinajstić information content (AvgIpc) is 2.69. The summed E-state index contributed by atoms with van der Waals surface area (Å²) in [5, 5.41) is 7.82. The van der Waals surface area contributed by atoms with Crippen molar-refractivity contribution >= 4 is 0 Å². The van der Waals surface area contributed by atoms with Gasteiger partial charge in [-0.05, 0) is 13.8 Å². The van der Waals surface area contributed by atoms with Gasteiger partial charge in [-0.1, -0.05) is 0 Å². The number of rotatable bonds is 4. The number of nitrogens with one attached hydrogen (secondary N) is 1. The minimum absolute atomic E-state index is 0.467. The highest BCUT2D eigenvalue weighted by Crippen LogP contribution is 2.23. The van der Waals surface area contributed by atoms with Gasteiger partial charge in [0.05, 0.1) is 18.5 Å². The van der Waals surface area contributed by atoms with Gasteiger partial charge in [0.2, 0.25) is 0 Å². The molecule has 2 heterocycles. The molecule has 1 N–H and O–H groups in total. The summed E-state index contributed by atoms with van der Waals surface area (Å²) in [6, 6.07) is 0. The quantitative estimate of drug-likeness (QED) is 0.808. The fraction of sp³-hybridized carbons (Fsp3) is 0.727. The summed E-state index contributed by atoms with van der Waals surface area (Å²) in [4.78, 5) is 0. The molecule has 0 bridgehead atoms. The lowest BCUT2D eigenvalue weighted by Gasteiger charge is -2.23. The van der Waals surface area contributed by atoms with E-state index in [9.17, 15) is 0 Å². The zero-order valence-electron chi connectivity index (χ0n) is 9.49. The molecule has 0 aromatic carbocycles. The minimum Gasteiger partial charge on any atom is -0.381 e. The predicted molar refractivity (Wildman–Crippen MR) is 58.8 cm³/mol. The second-order valence-electron chi connectivity index (χ2n) is 3.85. The van der Waals surface area contributed by atoms with Gasteiger partial charge in [0, 0.05) is 37.7 Å². The van der Waals surface area contributed by atoms with Gasteiger partial charge in [-0.25, -0.2) is 0 Å². The van der Waals surface area contributed by atoms with E-state index in [1.165, 1.54) is 11.3 Å². The third kappa shape index (κ3) is 2.06. The Labute approximate surface area is 90.6 Å². The molecule has 0 spiro atoms. The molecule has 1 aromatic rings. The van der Waals surface area contributed by atoms with Gasteiger partial charge < -0.3 is 10.1 Å². The lowest BCUT2D eigenvalue weighted by atomic mass is 9.97. The second-order valence-corrected chi connectivity index (χ2v) is 3.85. The monoisotopic (exact) mass is 209 g/mol. The van der Waals surface area contributed by atoms with E-state index in [-0.39, 0.29) is 0 Å². The molecule has 1 aliphatic rings. The lowest BCUT2D eigenvalue weighted by Crippen LogP contribution is -2.31. The Morgan fingerprint density at radius 3 is 3.20 bits per heavy atom. The molecule has 1 aliphatic heterocycles. The van der Waals surface area contributed by atoms with E-state index in [2.05, 4.69) is 22.0 Å². The van der Waals surface area contributed by atoms with Crippen molar-refractivity contribution in [2.45, 2.75) is 32.9 Å². The van der Waals surface area contributed by atoms with Crippen LogP contribution in [0.2, 0.25) is 0 Å². The first-order valence-corrected chi connectivity index (χ1v) is 5.69. The van der Waals surface area contributed by atoms with Crippen molar-refractivity contribution in [3.05, 3.63) is 17.5 Å². The maximum Gasteiger partial charge on any atom is 0.0558 e. The Balaban J connectivity index is 2.15. The number of fused-ring (bicyclic) bond motifs is 1. The highest BCUT2D eigenvalue weighted by atomic mass is 16.5. The van der Waals surface area contributed by atoms with Crippen LogP contribution in [-0.4, -0.2) is 29.5 Å². The number of aryl methyl sites for hydroxylation is 1. The standard InChI is InChI=1S/C11H19N3O/c1-3-14-11-7-12-5-9(8-15-4-2)10(11)6-13-14/h6,9,12H,3-5,7-8H2,1-2H3. The Bertz CT molecular complexity index is 322. The van der Waals surface area contributed by atoms with Crippen molar-refractivity contribution in [3.8, 4) is 0 Å². The molecule has 2 rings (SSSR count). The summed E-state index contributed by atoms with van der Waals surface area (Å²) in [5.74, 6) is 0.467. The van der Waals surface area contributed by atoms with Gasteiger partial charge in [-0.15, -0.1) is 0 Å². The van der Waals surface area contributed by atoms with E-state index in [0.717, 1.165) is 32.8 Å². The summed E-state index contributed by atoms with van der Waals surface area (Å²) in [6.45, 7) is 8.62. The first-order valence-electron chi connectivity index (χ1n) is 5.69.